The maximum Gasteiger partial charge on any atom is 0.320 e. The average Bonchev–Trinajstić information content (AvgIpc) is 2.73. The summed E-state index contributed by atoms with van der Waals surface area (Å²) in [6, 6.07) is 14.6. The third kappa shape index (κ3) is 3.93. The summed E-state index contributed by atoms with van der Waals surface area (Å²) in [4.78, 5) is 21.1. The lowest BCUT2D eigenvalue weighted by Crippen LogP contribution is -2.57. The zero-order chi connectivity index (χ0) is 19.5. The van der Waals surface area contributed by atoms with Gasteiger partial charge in [-0.25, -0.2) is 4.79 Å². The van der Waals surface area contributed by atoms with Crippen LogP contribution in [0.2, 0.25) is 0 Å². The van der Waals surface area contributed by atoms with Gasteiger partial charge in [-0.05, 0) is 24.3 Å². The van der Waals surface area contributed by atoms with E-state index >= 15 is 0 Å². The van der Waals surface area contributed by atoms with Gasteiger partial charge in [-0.3, -0.25) is 0 Å². The Labute approximate surface area is 165 Å². The number of nitrogens with zero attached hydrogens (tertiary/aromatic N) is 4. The van der Waals surface area contributed by atoms with Crippen molar-refractivity contribution in [2.24, 2.45) is 0 Å². The van der Waals surface area contributed by atoms with Crippen LogP contribution in [0.15, 0.2) is 48.5 Å². The second-order valence-corrected chi connectivity index (χ2v) is 7.27. The van der Waals surface area contributed by atoms with Crippen LogP contribution in [-0.4, -0.2) is 78.4 Å². The fourth-order valence-corrected chi connectivity index (χ4v) is 3.89. The number of hydrogen-bond acceptors (Lipinski definition) is 5. The third-order valence-corrected chi connectivity index (χ3v) is 5.49. The molecule has 28 heavy (non-hydrogen) atoms. The summed E-state index contributed by atoms with van der Waals surface area (Å²) in [5.74, 6) is 0.529. The largest absolute Gasteiger partial charge is 0.508 e. The lowest BCUT2D eigenvalue weighted by molar-refractivity contribution is 0.147. The first-order chi connectivity index (χ1) is 13.6. The zero-order valence-corrected chi connectivity index (χ0v) is 15.9. The van der Waals surface area contributed by atoms with E-state index in [0.29, 0.717) is 26.2 Å². The molecule has 2 aliphatic rings. The SMILES string of the molecule is O=C(N1CCN(c2cccc(O)c2)CC1)N1CCN(c2cccc(O)c2)CC1. The number of phenols is 2. The minimum atomic E-state index is 0.103. The highest BCUT2D eigenvalue weighted by Crippen LogP contribution is 2.23. The van der Waals surface area contributed by atoms with E-state index in [1.54, 1.807) is 24.3 Å². The molecule has 0 spiro atoms. The molecular formula is C21H26N4O3. The molecule has 0 saturated carbocycles. The van der Waals surface area contributed by atoms with Crippen molar-refractivity contribution in [1.82, 2.24) is 9.80 Å². The van der Waals surface area contributed by atoms with Gasteiger partial charge in [0.05, 0.1) is 0 Å². The number of piperazine rings is 2. The Morgan fingerprint density at radius 2 is 1.04 bits per heavy atom. The van der Waals surface area contributed by atoms with Crippen LogP contribution in [-0.2, 0) is 0 Å². The molecule has 0 aromatic heterocycles. The number of anilines is 2. The number of rotatable bonds is 2. The van der Waals surface area contributed by atoms with Gasteiger partial charge in [0, 0.05) is 75.9 Å². The van der Waals surface area contributed by atoms with Crippen LogP contribution in [0, 0.1) is 0 Å². The lowest BCUT2D eigenvalue weighted by Gasteiger charge is -2.41. The van der Waals surface area contributed by atoms with Crippen LogP contribution in [0.4, 0.5) is 16.2 Å². The predicted octanol–water partition coefficient (Wildman–Crippen LogP) is 2.16. The topological polar surface area (TPSA) is 70.5 Å². The van der Waals surface area contributed by atoms with Crippen LogP contribution < -0.4 is 9.80 Å². The van der Waals surface area contributed by atoms with E-state index in [2.05, 4.69) is 9.80 Å². The number of amides is 2. The fraction of sp³-hybridized carbons (Fsp3) is 0.381. The highest BCUT2D eigenvalue weighted by molar-refractivity contribution is 5.75. The molecular weight excluding hydrogens is 356 g/mol. The summed E-state index contributed by atoms with van der Waals surface area (Å²) in [6.07, 6.45) is 0. The van der Waals surface area contributed by atoms with E-state index in [0.717, 1.165) is 37.6 Å². The standard InChI is InChI=1S/C21H26N4O3/c26-19-5-1-3-17(15-19)22-7-11-24(12-8-22)21(28)25-13-9-23(10-14-25)18-4-2-6-20(27)16-18/h1-6,15-16,26-27H,7-14H2. The van der Waals surface area contributed by atoms with Gasteiger partial charge in [0.25, 0.3) is 0 Å². The minimum absolute atomic E-state index is 0.103. The van der Waals surface area contributed by atoms with E-state index in [1.165, 1.54) is 0 Å². The molecule has 2 aliphatic heterocycles. The van der Waals surface area contributed by atoms with Gasteiger partial charge in [0.2, 0.25) is 0 Å². The van der Waals surface area contributed by atoms with E-state index in [-0.39, 0.29) is 17.5 Å². The highest BCUT2D eigenvalue weighted by Gasteiger charge is 2.28. The second-order valence-electron chi connectivity index (χ2n) is 7.27. The third-order valence-electron chi connectivity index (χ3n) is 5.49. The van der Waals surface area contributed by atoms with Gasteiger partial charge < -0.3 is 29.8 Å². The fourth-order valence-electron chi connectivity index (χ4n) is 3.89. The smallest absolute Gasteiger partial charge is 0.320 e. The van der Waals surface area contributed by atoms with Crippen molar-refractivity contribution in [1.29, 1.82) is 0 Å². The van der Waals surface area contributed by atoms with Crippen LogP contribution in [0.3, 0.4) is 0 Å². The quantitative estimate of drug-likeness (QED) is 0.833. The molecule has 2 fully saturated rings. The van der Waals surface area contributed by atoms with Gasteiger partial charge >= 0.3 is 6.03 Å². The molecule has 2 heterocycles. The number of benzene rings is 2. The molecule has 2 aromatic carbocycles. The van der Waals surface area contributed by atoms with Gasteiger partial charge in [0.15, 0.2) is 0 Å². The Morgan fingerprint density at radius 3 is 1.39 bits per heavy atom. The molecule has 2 N–H and O–H groups in total. The van der Waals surface area contributed by atoms with Crippen LogP contribution in [0.25, 0.3) is 0 Å². The molecule has 0 aliphatic carbocycles. The van der Waals surface area contributed by atoms with Crippen LogP contribution in [0.5, 0.6) is 11.5 Å². The molecule has 4 rings (SSSR count). The Balaban J connectivity index is 1.29. The predicted molar refractivity (Wildman–Crippen MR) is 109 cm³/mol. The highest BCUT2D eigenvalue weighted by atomic mass is 16.3. The molecule has 0 atom stereocenters. The Hall–Kier alpha value is -3.09. The first-order valence-electron chi connectivity index (χ1n) is 9.72. The van der Waals surface area contributed by atoms with Crippen LogP contribution >= 0.6 is 0 Å². The van der Waals surface area contributed by atoms with Crippen molar-refractivity contribution in [3.8, 4) is 11.5 Å². The number of hydrogen-bond donors (Lipinski definition) is 2. The van der Waals surface area contributed by atoms with E-state index in [1.807, 2.05) is 34.1 Å². The Bertz CT molecular complexity index is 760. The summed E-state index contributed by atoms with van der Waals surface area (Å²) >= 11 is 0. The maximum atomic E-state index is 12.9. The first-order valence-corrected chi connectivity index (χ1v) is 9.72. The normalized spacial score (nSPS) is 17.7. The summed E-state index contributed by atoms with van der Waals surface area (Å²) < 4.78 is 0. The van der Waals surface area contributed by atoms with Gasteiger partial charge in [-0.15, -0.1) is 0 Å². The molecule has 2 aromatic rings. The Morgan fingerprint density at radius 1 is 0.643 bits per heavy atom. The summed E-state index contributed by atoms with van der Waals surface area (Å²) in [5, 5.41) is 19.3. The second kappa shape index (κ2) is 7.88. The summed E-state index contributed by atoms with van der Waals surface area (Å²) in [6.45, 7) is 5.78. The molecule has 148 valence electrons. The van der Waals surface area contributed by atoms with Crippen LogP contribution in [0.1, 0.15) is 0 Å². The molecule has 0 radical (unpaired) electrons. The maximum absolute atomic E-state index is 12.9. The monoisotopic (exact) mass is 382 g/mol. The molecule has 0 unspecified atom stereocenters. The number of carbonyl (C=O) groups excluding carboxylic acids is 1. The van der Waals surface area contributed by atoms with Crippen molar-refractivity contribution < 1.29 is 15.0 Å². The van der Waals surface area contributed by atoms with Gasteiger partial charge in [0.1, 0.15) is 11.5 Å². The van der Waals surface area contributed by atoms with E-state index in [4.69, 9.17) is 0 Å². The minimum Gasteiger partial charge on any atom is -0.508 e. The summed E-state index contributed by atoms with van der Waals surface area (Å²) in [7, 11) is 0. The first kappa shape index (κ1) is 18.3. The lowest BCUT2D eigenvalue weighted by atomic mass is 10.2. The van der Waals surface area contributed by atoms with Gasteiger partial charge in [-0.1, -0.05) is 12.1 Å². The molecule has 2 saturated heterocycles. The molecule has 2 amide bonds. The van der Waals surface area contributed by atoms with Crippen molar-refractivity contribution in [3.05, 3.63) is 48.5 Å². The van der Waals surface area contributed by atoms with Crippen molar-refractivity contribution in [2.45, 2.75) is 0 Å². The number of phenolic OH excluding ortho intramolecular Hbond substituents is 2. The molecule has 0 bridgehead atoms. The summed E-state index contributed by atoms with van der Waals surface area (Å²) in [5.41, 5.74) is 1.98. The average molecular weight is 382 g/mol. The number of carbonyl (C=O) groups is 1. The van der Waals surface area contributed by atoms with E-state index < -0.39 is 0 Å². The number of aromatic hydroxyl groups is 2. The van der Waals surface area contributed by atoms with E-state index in [9.17, 15) is 15.0 Å². The van der Waals surface area contributed by atoms with Gasteiger partial charge in [-0.2, -0.15) is 0 Å². The Kier molecular flexibility index (Phi) is 5.14. The van der Waals surface area contributed by atoms with Crippen molar-refractivity contribution in [2.75, 3.05) is 62.2 Å². The van der Waals surface area contributed by atoms with Crippen molar-refractivity contribution in [3.63, 3.8) is 0 Å². The van der Waals surface area contributed by atoms with Crippen molar-refractivity contribution >= 4 is 17.4 Å². The zero-order valence-electron chi connectivity index (χ0n) is 15.9. The molecule has 7 nitrogen and oxygen atoms in total. The molecule has 7 heteroatoms. The number of urea groups is 1.